The van der Waals surface area contributed by atoms with E-state index in [1.54, 1.807) is 4.90 Å². The molecule has 3 nitrogen and oxygen atoms in total. The van der Waals surface area contributed by atoms with E-state index in [0.717, 1.165) is 54.7 Å². The van der Waals surface area contributed by atoms with Gasteiger partial charge in [0.1, 0.15) is 6.54 Å². The third-order valence-corrected chi connectivity index (χ3v) is 3.85. The molecule has 1 fully saturated rings. The second kappa shape index (κ2) is 5.71. The van der Waals surface area contributed by atoms with Crippen molar-refractivity contribution in [2.75, 3.05) is 26.2 Å². The summed E-state index contributed by atoms with van der Waals surface area (Å²) in [4.78, 5) is 13.8. The number of rotatable bonds is 3. The molecular formula is C12H15Cl2N2O+. The molecule has 0 aliphatic carbocycles. The minimum absolute atomic E-state index is 0.725. The fourth-order valence-corrected chi connectivity index (χ4v) is 2.60. The molecule has 1 N–H and O–H groups in total. The van der Waals surface area contributed by atoms with Crippen molar-refractivity contribution in [3.05, 3.63) is 33.8 Å². The van der Waals surface area contributed by atoms with Gasteiger partial charge in [-0.1, -0.05) is 29.3 Å². The van der Waals surface area contributed by atoms with Crippen LogP contribution < -0.4 is 4.90 Å². The predicted molar refractivity (Wildman–Crippen MR) is 68.5 cm³/mol. The van der Waals surface area contributed by atoms with E-state index in [1.165, 1.54) is 4.90 Å². The first-order chi connectivity index (χ1) is 8.20. The average Bonchev–Trinajstić information content (AvgIpc) is 2.35. The number of nitrogens with one attached hydrogen (secondary N) is 1. The Kier molecular flexibility index (Phi) is 4.26. The van der Waals surface area contributed by atoms with Crippen LogP contribution in [0.2, 0.25) is 10.0 Å². The van der Waals surface area contributed by atoms with E-state index in [0.29, 0.717) is 0 Å². The van der Waals surface area contributed by atoms with Gasteiger partial charge in [0, 0.05) is 5.56 Å². The number of amides is 1. The van der Waals surface area contributed by atoms with Crippen LogP contribution in [0.1, 0.15) is 5.56 Å². The standard InChI is InChI=1S/C12H14Cl2N2O/c13-11-2-1-3-12(14)10(11)8-15-4-6-16(9-17)7-5-15/h1-3,9H,4-8H2/p+1. The molecule has 0 spiro atoms. The number of carbonyl (C=O) groups excluding carboxylic acids is 1. The largest absolute Gasteiger partial charge is 0.334 e. The molecule has 1 aliphatic rings. The Bertz CT molecular complexity index is 383. The average molecular weight is 274 g/mol. The van der Waals surface area contributed by atoms with Gasteiger partial charge in [-0.2, -0.15) is 0 Å². The molecule has 17 heavy (non-hydrogen) atoms. The lowest BCUT2D eigenvalue weighted by Crippen LogP contribution is -3.13. The lowest BCUT2D eigenvalue weighted by atomic mass is 10.2. The van der Waals surface area contributed by atoms with Crippen molar-refractivity contribution < 1.29 is 9.69 Å². The summed E-state index contributed by atoms with van der Waals surface area (Å²) in [5.41, 5.74) is 1.00. The molecule has 5 heteroatoms. The van der Waals surface area contributed by atoms with Crippen molar-refractivity contribution in [3.63, 3.8) is 0 Å². The predicted octanol–water partition coefficient (Wildman–Crippen LogP) is 0.850. The number of benzene rings is 1. The minimum atomic E-state index is 0.725. The van der Waals surface area contributed by atoms with Gasteiger partial charge in [-0.05, 0) is 12.1 Å². The number of halogens is 2. The lowest BCUT2D eigenvalue weighted by Gasteiger charge is -2.30. The SMILES string of the molecule is O=CN1CC[NH+](Cc2c(Cl)cccc2Cl)CC1. The Morgan fingerprint density at radius 2 is 1.82 bits per heavy atom. The molecule has 0 unspecified atom stereocenters. The maximum Gasteiger partial charge on any atom is 0.210 e. The number of piperazine rings is 1. The highest BCUT2D eigenvalue weighted by molar-refractivity contribution is 6.35. The minimum Gasteiger partial charge on any atom is -0.334 e. The van der Waals surface area contributed by atoms with Gasteiger partial charge in [0.2, 0.25) is 6.41 Å². The molecule has 0 aromatic heterocycles. The molecule has 1 aromatic rings. The van der Waals surface area contributed by atoms with Crippen LogP contribution in [0, 0.1) is 0 Å². The fourth-order valence-electron chi connectivity index (χ4n) is 2.07. The Hall–Kier alpha value is -0.770. The van der Waals surface area contributed by atoms with Crippen LogP contribution in [0.4, 0.5) is 0 Å². The maximum atomic E-state index is 10.6. The fraction of sp³-hybridized carbons (Fsp3) is 0.417. The van der Waals surface area contributed by atoms with Crippen LogP contribution in [-0.4, -0.2) is 37.5 Å². The van der Waals surface area contributed by atoms with Crippen molar-refractivity contribution in [2.45, 2.75) is 6.54 Å². The number of carbonyl (C=O) groups is 1. The summed E-state index contributed by atoms with van der Waals surface area (Å²) in [5, 5.41) is 1.45. The third kappa shape index (κ3) is 3.12. The monoisotopic (exact) mass is 273 g/mol. The van der Waals surface area contributed by atoms with Gasteiger partial charge >= 0.3 is 0 Å². The molecule has 2 rings (SSSR count). The molecule has 0 radical (unpaired) electrons. The summed E-state index contributed by atoms with van der Waals surface area (Å²) < 4.78 is 0. The summed E-state index contributed by atoms with van der Waals surface area (Å²) in [6, 6.07) is 5.58. The van der Waals surface area contributed by atoms with Crippen molar-refractivity contribution in [1.29, 1.82) is 0 Å². The van der Waals surface area contributed by atoms with Crippen LogP contribution in [0.15, 0.2) is 18.2 Å². The zero-order valence-corrected chi connectivity index (χ0v) is 11.0. The molecule has 0 atom stereocenters. The number of hydrogen-bond acceptors (Lipinski definition) is 1. The Balaban J connectivity index is 2.00. The molecule has 1 heterocycles. The van der Waals surface area contributed by atoms with Crippen LogP contribution >= 0.6 is 23.2 Å². The highest BCUT2D eigenvalue weighted by Gasteiger charge is 2.20. The molecule has 1 aromatic carbocycles. The van der Waals surface area contributed by atoms with Crippen LogP contribution in [0.5, 0.6) is 0 Å². The van der Waals surface area contributed by atoms with E-state index < -0.39 is 0 Å². The van der Waals surface area contributed by atoms with Gasteiger partial charge in [0.05, 0.1) is 36.2 Å². The van der Waals surface area contributed by atoms with E-state index in [4.69, 9.17) is 23.2 Å². The van der Waals surface area contributed by atoms with Gasteiger partial charge in [0.25, 0.3) is 0 Å². The van der Waals surface area contributed by atoms with Crippen molar-refractivity contribution in [1.82, 2.24) is 4.90 Å². The highest BCUT2D eigenvalue weighted by atomic mass is 35.5. The van der Waals surface area contributed by atoms with Crippen molar-refractivity contribution in [2.24, 2.45) is 0 Å². The quantitative estimate of drug-likeness (QED) is 0.812. The molecule has 1 aliphatic heterocycles. The zero-order chi connectivity index (χ0) is 12.3. The normalized spacial score (nSPS) is 17.2. The van der Waals surface area contributed by atoms with Crippen molar-refractivity contribution >= 4 is 29.6 Å². The van der Waals surface area contributed by atoms with E-state index in [1.807, 2.05) is 18.2 Å². The summed E-state index contributed by atoms with van der Waals surface area (Å²) in [7, 11) is 0. The summed E-state index contributed by atoms with van der Waals surface area (Å²) in [5.74, 6) is 0. The van der Waals surface area contributed by atoms with Gasteiger partial charge in [-0.15, -0.1) is 0 Å². The second-order valence-electron chi connectivity index (χ2n) is 4.27. The van der Waals surface area contributed by atoms with Gasteiger partial charge in [-0.25, -0.2) is 0 Å². The summed E-state index contributed by atoms with van der Waals surface area (Å²) in [6.45, 7) is 4.33. The van der Waals surface area contributed by atoms with Crippen LogP contribution in [0.25, 0.3) is 0 Å². The molecule has 1 saturated heterocycles. The van der Waals surface area contributed by atoms with Crippen LogP contribution in [0.3, 0.4) is 0 Å². The number of hydrogen-bond donors (Lipinski definition) is 1. The molecule has 92 valence electrons. The van der Waals surface area contributed by atoms with Crippen molar-refractivity contribution in [3.8, 4) is 0 Å². The Labute approximate surface area is 111 Å². The first-order valence-electron chi connectivity index (χ1n) is 5.66. The lowest BCUT2D eigenvalue weighted by molar-refractivity contribution is -0.917. The molecule has 1 amide bonds. The molecule has 0 saturated carbocycles. The van der Waals surface area contributed by atoms with E-state index in [2.05, 4.69) is 0 Å². The van der Waals surface area contributed by atoms with Gasteiger partial charge in [-0.3, -0.25) is 4.79 Å². The zero-order valence-electron chi connectivity index (χ0n) is 9.46. The number of nitrogens with zero attached hydrogens (tertiary/aromatic N) is 1. The number of quaternary nitrogens is 1. The smallest absolute Gasteiger partial charge is 0.210 e. The molecular weight excluding hydrogens is 259 g/mol. The van der Waals surface area contributed by atoms with Crippen LogP contribution in [-0.2, 0) is 11.3 Å². The third-order valence-electron chi connectivity index (χ3n) is 3.14. The second-order valence-corrected chi connectivity index (χ2v) is 5.08. The highest BCUT2D eigenvalue weighted by Crippen LogP contribution is 2.23. The topological polar surface area (TPSA) is 24.8 Å². The first-order valence-corrected chi connectivity index (χ1v) is 6.42. The van der Waals surface area contributed by atoms with Gasteiger partial charge in [0.15, 0.2) is 0 Å². The van der Waals surface area contributed by atoms with E-state index in [9.17, 15) is 4.79 Å². The van der Waals surface area contributed by atoms with E-state index >= 15 is 0 Å². The maximum absolute atomic E-state index is 10.6. The van der Waals surface area contributed by atoms with E-state index in [-0.39, 0.29) is 0 Å². The summed E-state index contributed by atoms with van der Waals surface area (Å²) >= 11 is 12.3. The first kappa shape index (κ1) is 12.7. The molecule has 0 bridgehead atoms. The van der Waals surface area contributed by atoms with Gasteiger partial charge < -0.3 is 9.80 Å². The Morgan fingerprint density at radius 1 is 1.24 bits per heavy atom. The summed E-state index contributed by atoms with van der Waals surface area (Å²) in [6.07, 6.45) is 0.916. The Morgan fingerprint density at radius 3 is 2.35 bits per heavy atom.